The van der Waals surface area contributed by atoms with Crippen molar-refractivity contribution in [1.29, 1.82) is 0 Å². The molecule has 3 amide bonds. The van der Waals surface area contributed by atoms with Crippen molar-refractivity contribution in [2.45, 2.75) is 128 Å². The zero-order chi connectivity index (χ0) is 41.9. The van der Waals surface area contributed by atoms with E-state index in [1.54, 1.807) is 17.4 Å². The minimum atomic E-state index is -0.279. The lowest BCUT2D eigenvalue weighted by Crippen LogP contribution is -2.58. The fraction of sp³-hybridized carbons (Fsp3) is 0.617. The minimum Gasteiger partial charge on any atom is -0.506 e. The van der Waals surface area contributed by atoms with E-state index in [0.717, 1.165) is 101 Å². The van der Waals surface area contributed by atoms with E-state index < -0.39 is 0 Å². The monoisotopic (exact) mass is 843 g/mol. The van der Waals surface area contributed by atoms with Crippen molar-refractivity contribution in [3.05, 3.63) is 69.2 Å². The maximum atomic E-state index is 13.5. The number of phenols is 1. The molecular formula is C47H65N5O7S. The number of nitrogens with one attached hydrogen (secondary N) is 1. The number of thiazole rings is 1. The first kappa shape index (κ1) is 44.0. The van der Waals surface area contributed by atoms with Crippen LogP contribution in [0.4, 0.5) is 5.69 Å². The Labute approximate surface area is 360 Å². The van der Waals surface area contributed by atoms with E-state index in [-0.39, 0.29) is 35.7 Å². The molecule has 0 atom stereocenters. The fourth-order valence-electron chi connectivity index (χ4n) is 9.27. The van der Waals surface area contributed by atoms with E-state index in [4.69, 9.17) is 14.2 Å². The zero-order valence-corrected chi connectivity index (χ0v) is 36.6. The van der Waals surface area contributed by atoms with Crippen LogP contribution in [-0.4, -0.2) is 113 Å². The molecule has 3 aliphatic heterocycles. The highest BCUT2D eigenvalue weighted by molar-refractivity contribution is 7.09. The van der Waals surface area contributed by atoms with Crippen LogP contribution >= 0.6 is 11.3 Å². The van der Waals surface area contributed by atoms with E-state index in [2.05, 4.69) is 58.2 Å². The van der Waals surface area contributed by atoms with Gasteiger partial charge in [-0.2, -0.15) is 0 Å². The number of unbranched alkanes of at least 4 members (excludes halogenated alkanes) is 2. The lowest BCUT2D eigenvalue weighted by Gasteiger charge is -2.47. The molecule has 2 saturated heterocycles. The molecule has 0 unspecified atom stereocenters. The predicted molar refractivity (Wildman–Crippen MR) is 234 cm³/mol. The van der Waals surface area contributed by atoms with Gasteiger partial charge in [-0.05, 0) is 80.5 Å². The SMILES string of the molecule is CC(C)c1nc(C(=O)N2CCOC3(CCN(Cc4cccc(CCCOCCC(=O)N(CCCCCc5ccc(O)c6c5OCC(=O)N6)C5CCCCC5)c4)CC3)C2)cs1. The molecule has 0 radical (unpaired) electrons. The summed E-state index contributed by atoms with van der Waals surface area (Å²) in [5.74, 6) is 0.867. The number of hydrogen-bond acceptors (Lipinski definition) is 10. The highest BCUT2D eigenvalue weighted by Gasteiger charge is 2.41. The lowest BCUT2D eigenvalue weighted by atomic mass is 9.89. The number of ether oxygens (including phenoxy) is 3. The fourth-order valence-corrected chi connectivity index (χ4v) is 10.1. The third-order valence-corrected chi connectivity index (χ3v) is 13.8. The van der Waals surface area contributed by atoms with Crippen molar-refractivity contribution < 1.29 is 33.7 Å². The highest BCUT2D eigenvalue weighted by atomic mass is 32.1. The van der Waals surface area contributed by atoms with Crippen LogP contribution in [0.2, 0.25) is 0 Å². The molecule has 326 valence electrons. The Morgan fingerprint density at radius 3 is 2.63 bits per heavy atom. The molecule has 60 heavy (non-hydrogen) atoms. The van der Waals surface area contributed by atoms with Crippen molar-refractivity contribution in [3.8, 4) is 11.5 Å². The van der Waals surface area contributed by atoms with Crippen molar-refractivity contribution in [3.63, 3.8) is 0 Å². The van der Waals surface area contributed by atoms with Crippen molar-refractivity contribution in [1.82, 2.24) is 19.7 Å². The van der Waals surface area contributed by atoms with Crippen molar-refractivity contribution in [2.24, 2.45) is 0 Å². The van der Waals surface area contributed by atoms with Crippen LogP contribution in [0, 0.1) is 0 Å². The van der Waals surface area contributed by atoms with Gasteiger partial charge in [-0.15, -0.1) is 11.3 Å². The summed E-state index contributed by atoms with van der Waals surface area (Å²) in [7, 11) is 0. The molecule has 12 nitrogen and oxygen atoms in total. The maximum absolute atomic E-state index is 13.5. The number of aromatic hydroxyl groups is 1. The Bertz CT molecular complexity index is 1900. The Morgan fingerprint density at radius 2 is 1.83 bits per heavy atom. The number of aromatic nitrogens is 1. The number of hydrogen-bond donors (Lipinski definition) is 2. The molecule has 1 aromatic heterocycles. The third kappa shape index (κ3) is 11.7. The first-order valence-electron chi connectivity index (χ1n) is 22.5. The van der Waals surface area contributed by atoms with Crippen LogP contribution in [0.15, 0.2) is 41.8 Å². The molecule has 7 rings (SSSR count). The van der Waals surface area contributed by atoms with Crippen LogP contribution in [0.5, 0.6) is 11.5 Å². The van der Waals surface area contributed by atoms with Gasteiger partial charge in [0.2, 0.25) is 5.91 Å². The number of fused-ring (bicyclic) bond motifs is 1. The van der Waals surface area contributed by atoms with Gasteiger partial charge in [0, 0.05) is 56.7 Å². The Kier molecular flexibility index (Phi) is 15.5. The van der Waals surface area contributed by atoms with Gasteiger partial charge in [0.15, 0.2) is 12.4 Å². The normalized spacial score (nSPS) is 18.3. The largest absolute Gasteiger partial charge is 0.506 e. The first-order valence-corrected chi connectivity index (χ1v) is 23.4. The summed E-state index contributed by atoms with van der Waals surface area (Å²) in [6, 6.07) is 12.7. The Hall–Kier alpha value is -4.04. The molecule has 1 saturated carbocycles. The van der Waals surface area contributed by atoms with Crippen LogP contribution < -0.4 is 10.1 Å². The number of carbonyl (C=O) groups excluding carboxylic acids is 3. The number of carbonyl (C=O) groups is 3. The van der Waals surface area contributed by atoms with E-state index in [1.165, 1.54) is 30.4 Å². The second-order valence-corrected chi connectivity index (χ2v) is 18.4. The number of benzene rings is 2. The molecule has 13 heteroatoms. The maximum Gasteiger partial charge on any atom is 0.273 e. The van der Waals surface area contributed by atoms with Gasteiger partial charge < -0.3 is 34.4 Å². The van der Waals surface area contributed by atoms with Crippen molar-refractivity contribution >= 4 is 34.7 Å². The molecule has 3 aromatic rings. The van der Waals surface area contributed by atoms with E-state index >= 15 is 0 Å². The van der Waals surface area contributed by atoms with E-state index in [0.29, 0.717) is 68.4 Å². The number of nitrogens with zero attached hydrogens (tertiary/aromatic N) is 4. The number of rotatable bonds is 18. The smallest absolute Gasteiger partial charge is 0.273 e. The topological polar surface area (TPSA) is 134 Å². The van der Waals surface area contributed by atoms with Crippen LogP contribution in [0.3, 0.4) is 0 Å². The third-order valence-electron chi connectivity index (χ3n) is 12.7. The second kappa shape index (κ2) is 21.2. The highest BCUT2D eigenvalue weighted by Crippen LogP contribution is 2.40. The number of morpholine rings is 1. The quantitative estimate of drug-likeness (QED) is 0.0976. The van der Waals surface area contributed by atoms with Gasteiger partial charge in [-0.25, -0.2) is 4.98 Å². The molecule has 1 aliphatic carbocycles. The molecular weight excluding hydrogens is 779 g/mol. The number of amides is 3. The Morgan fingerprint density at radius 1 is 1.02 bits per heavy atom. The van der Waals surface area contributed by atoms with E-state index in [1.807, 2.05) is 16.3 Å². The summed E-state index contributed by atoms with van der Waals surface area (Å²) in [5, 5.41) is 15.8. The first-order chi connectivity index (χ1) is 29.2. The van der Waals surface area contributed by atoms with Gasteiger partial charge in [0.05, 0.1) is 36.8 Å². The van der Waals surface area contributed by atoms with Gasteiger partial charge >= 0.3 is 0 Å². The summed E-state index contributed by atoms with van der Waals surface area (Å²) in [6.45, 7) is 10.6. The minimum absolute atomic E-state index is 0.0178. The summed E-state index contributed by atoms with van der Waals surface area (Å²) in [6.07, 6.45) is 13.4. The Balaban J connectivity index is 0.793. The summed E-state index contributed by atoms with van der Waals surface area (Å²) in [4.78, 5) is 49.8. The van der Waals surface area contributed by atoms with Crippen LogP contribution in [0.25, 0.3) is 0 Å². The molecule has 2 N–H and O–H groups in total. The molecule has 1 spiro atoms. The number of piperidine rings is 1. The van der Waals surface area contributed by atoms with Crippen LogP contribution in [-0.2, 0) is 38.4 Å². The molecule has 0 bridgehead atoms. The molecule has 2 aromatic carbocycles. The van der Waals surface area contributed by atoms with Gasteiger partial charge in [0.25, 0.3) is 11.8 Å². The molecule has 3 fully saturated rings. The summed E-state index contributed by atoms with van der Waals surface area (Å²) < 4.78 is 18.1. The van der Waals surface area contributed by atoms with E-state index in [9.17, 15) is 19.5 Å². The summed E-state index contributed by atoms with van der Waals surface area (Å²) in [5.41, 5.74) is 4.24. The van der Waals surface area contributed by atoms with Crippen molar-refractivity contribution in [2.75, 3.05) is 64.5 Å². The number of anilines is 1. The number of likely N-dealkylation sites (tertiary alicyclic amines) is 1. The predicted octanol–water partition coefficient (Wildman–Crippen LogP) is 7.72. The van der Waals surface area contributed by atoms with Gasteiger partial charge in [-0.3, -0.25) is 19.3 Å². The molecule has 4 aliphatic rings. The standard InChI is InChI=1S/C47H65N5O7S/c1-34(2)45-48-39(32-60-45)46(56)51-25-28-59-47(33-51)20-23-50(24-21-47)30-36-12-9-11-35(29-36)13-10-26-57-27-19-42(55)52(38-15-6-3-7-16-38)22-8-4-5-14-37-17-18-40(53)43-44(37)58-31-41(54)49-43/h9,11-12,17-18,29,32,34,38,53H,3-8,10,13-16,19-28,30-31,33H2,1-2H3,(H,49,54). The number of aryl methyl sites for hydroxylation is 2. The van der Waals surface area contributed by atoms with Crippen LogP contribution in [0.1, 0.15) is 129 Å². The summed E-state index contributed by atoms with van der Waals surface area (Å²) >= 11 is 1.57. The van der Waals surface area contributed by atoms with Gasteiger partial charge in [0.1, 0.15) is 17.1 Å². The van der Waals surface area contributed by atoms with Gasteiger partial charge in [-0.1, -0.05) is 69.9 Å². The molecule has 4 heterocycles. The number of phenolic OH excluding ortho intramolecular Hbond substituents is 1. The second-order valence-electron chi connectivity index (χ2n) is 17.5. The average Bonchev–Trinajstić information content (AvgIpc) is 3.77. The average molecular weight is 844 g/mol. The lowest BCUT2D eigenvalue weighted by molar-refractivity contribution is -0.135. The zero-order valence-electron chi connectivity index (χ0n) is 35.8.